The Morgan fingerprint density at radius 3 is 2.26 bits per heavy atom. The minimum atomic E-state index is -1.82. The minimum absolute atomic E-state index is 0.0454. The van der Waals surface area contributed by atoms with Crippen molar-refractivity contribution >= 4 is 46.7 Å². The molecule has 0 spiro atoms. The van der Waals surface area contributed by atoms with E-state index in [1.807, 2.05) is 12.1 Å². The molecule has 8 nitrogen and oxygen atoms in total. The van der Waals surface area contributed by atoms with Crippen LogP contribution < -0.4 is 4.74 Å². The van der Waals surface area contributed by atoms with E-state index in [0.29, 0.717) is 26.4 Å². The molecule has 3 N–H and O–H groups in total. The van der Waals surface area contributed by atoms with Gasteiger partial charge in [0.05, 0.1) is 17.9 Å². The number of imidazole rings is 1. The van der Waals surface area contributed by atoms with Gasteiger partial charge in [0.2, 0.25) is 0 Å². The number of aliphatic carboxylic acids is 2. The Bertz CT molecular complexity index is 1030. The zero-order valence-corrected chi connectivity index (χ0v) is 18.1. The van der Waals surface area contributed by atoms with Crippen LogP contribution in [0.15, 0.2) is 61.2 Å². The topological polar surface area (TPSA) is 122 Å². The highest BCUT2D eigenvalue weighted by atomic mass is 35.5. The lowest BCUT2D eigenvalue weighted by Gasteiger charge is -2.30. The maximum absolute atomic E-state index is 11.3. The summed E-state index contributed by atoms with van der Waals surface area (Å²) >= 11 is 18.4. The fourth-order valence-corrected chi connectivity index (χ4v) is 3.29. The highest BCUT2D eigenvalue weighted by Gasteiger charge is 2.33. The number of halogens is 3. The Morgan fingerprint density at radius 2 is 1.71 bits per heavy atom. The fourth-order valence-electron chi connectivity index (χ4n) is 2.52. The van der Waals surface area contributed by atoms with E-state index < -0.39 is 17.5 Å². The molecule has 1 heterocycles. The highest BCUT2D eigenvalue weighted by molar-refractivity contribution is 6.35. The van der Waals surface area contributed by atoms with Gasteiger partial charge < -0.3 is 24.6 Å². The first kappa shape index (κ1) is 24.5. The van der Waals surface area contributed by atoms with Crippen molar-refractivity contribution in [2.45, 2.75) is 12.1 Å². The SMILES string of the molecule is O=C(O)C(=O)O.OC(COc1ccccc1Cl)(Cn1ccnc1)c1ccc(Cl)cc1Cl. The van der Waals surface area contributed by atoms with Gasteiger partial charge in [-0.3, -0.25) is 0 Å². The molecule has 0 saturated heterocycles. The molecule has 164 valence electrons. The van der Waals surface area contributed by atoms with E-state index in [2.05, 4.69) is 4.98 Å². The molecule has 0 saturated carbocycles. The number of para-hydroxylation sites is 1. The molecule has 1 atom stereocenters. The summed E-state index contributed by atoms with van der Waals surface area (Å²) in [5.41, 5.74) is -0.888. The number of carboxylic acid groups (broad SMARTS) is 2. The number of carboxylic acids is 2. The van der Waals surface area contributed by atoms with Crippen LogP contribution in [0.5, 0.6) is 5.75 Å². The fraction of sp³-hybridized carbons (Fsp3) is 0.150. The van der Waals surface area contributed by atoms with Crippen LogP contribution in [0.4, 0.5) is 0 Å². The second-order valence-corrected chi connectivity index (χ2v) is 7.47. The van der Waals surface area contributed by atoms with E-state index in [0.717, 1.165) is 0 Å². The minimum Gasteiger partial charge on any atom is -0.489 e. The zero-order valence-electron chi connectivity index (χ0n) is 15.8. The van der Waals surface area contributed by atoms with Gasteiger partial charge in [0.1, 0.15) is 18.0 Å². The summed E-state index contributed by atoms with van der Waals surface area (Å²) in [5.74, 6) is -3.16. The second-order valence-electron chi connectivity index (χ2n) is 6.22. The van der Waals surface area contributed by atoms with Crippen molar-refractivity contribution in [1.82, 2.24) is 9.55 Å². The molecule has 0 amide bonds. The second kappa shape index (κ2) is 11.0. The van der Waals surface area contributed by atoms with Gasteiger partial charge in [-0.25, -0.2) is 14.6 Å². The molecule has 0 aliphatic rings. The normalized spacial score (nSPS) is 12.3. The third-order valence-electron chi connectivity index (χ3n) is 3.92. The Balaban J connectivity index is 0.000000501. The van der Waals surface area contributed by atoms with Crippen LogP contribution >= 0.6 is 34.8 Å². The van der Waals surface area contributed by atoms with E-state index >= 15 is 0 Å². The number of nitrogens with zero attached hydrogens (tertiary/aromatic N) is 2. The lowest BCUT2D eigenvalue weighted by molar-refractivity contribution is -0.159. The molecule has 0 fully saturated rings. The van der Waals surface area contributed by atoms with E-state index in [1.165, 1.54) is 0 Å². The lowest BCUT2D eigenvalue weighted by Crippen LogP contribution is -2.38. The van der Waals surface area contributed by atoms with Crippen molar-refractivity contribution in [3.8, 4) is 5.75 Å². The summed E-state index contributed by atoms with van der Waals surface area (Å²) in [5, 5.41) is 27.4. The largest absolute Gasteiger partial charge is 0.489 e. The van der Waals surface area contributed by atoms with Gasteiger partial charge in [-0.15, -0.1) is 0 Å². The van der Waals surface area contributed by atoms with Gasteiger partial charge >= 0.3 is 11.9 Å². The molecule has 1 aromatic heterocycles. The molecule has 31 heavy (non-hydrogen) atoms. The molecule has 3 rings (SSSR count). The average molecular weight is 488 g/mol. The Morgan fingerprint density at radius 1 is 1.03 bits per heavy atom. The van der Waals surface area contributed by atoms with Crippen LogP contribution in [0, 0.1) is 0 Å². The van der Waals surface area contributed by atoms with Gasteiger partial charge in [-0.05, 0) is 24.3 Å². The Kier molecular flexibility index (Phi) is 8.70. The van der Waals surface area contributed by atoms with Gasteiger partial charge in [0, 0.05) is 28.0 Å². The first-order chi connectivity index (χ1) is 14.6. The van der Waals surface area contributed by atoms with Crippen molar-refractivity contribution < 1.29 is 29.6 Å². The third-order valence-corrected chi connectivity index (χ3v) is 4.78. The van der Waals surface area contributed by atoms with Gasteiger partial charge in [0.15, 0.2) is 0 Å². The summed E-state index contributed by atoms with van der Waals surface area (Å²) in [7, 11) is 0. The standard InChI is InChI=1S/C18H15Cl3N2O2.C2H2O4/c19-13-5-6-14(16(21)9-13)18(24,10-23-8-7-22-12-23)11-25-17-4-2-1-3-15(17)20;3-1(4)2(5)6/h1-9,12,24H,10-11H2;(H,3,4)(H,5,6). The highest BCUT2D eigenvalue weighted by Crippen LogP contribution is 2.33. The lowest BCUT2D eigenvalue weighted by atomic mass is 9.94. The molecule has 3 aromatic rings. The number of benzene rings is 2. The van der Waals surface area contributed by atoms with Crippen LogP contribution in [0.1, 0.15) is 5.56 Å². The van der Waals surface area contributed by atoms with E-state index in [1.54, 1.807) is 53.6 Å². The Labute approximate surface area is 192 Å². The zero-order chi connectivity index (χ0) is 23.0. The molecule has 11 heteroatoms. The predicted molar refractivity (Wildman–Crippen MR) is 115 cm³/mol. The number of rotatable bonds is 6. The van der Waals surface area contributed by atoms with E-state index in [4.69, 9.17) is 59.3 Å². The summed E-state index contributed by atoms with van der Waals surface area (Å²) in [6.45, 7) is 0.162. The molecule has 2 aromatic carbocycles. The summed E-state index contributed by atoms with van der Waals surface area (Å²) in [4.78, 5) is 22.2. The molecule has 1 unspecified atom stereocenters. The van der Waals surface area contributed by atoms with Gasteiger partial charge in [-0.2, -0.15) is 0 Å². The molecule has 0 aliphatic heterocycles. The summed E-state index contributed by atoms with van der Waals surface area (Å²) in [6.07, 6.45) is 5.01. The maximum atomic E-state index is 11.3. The monoisotopic (exact) mass is 486 g/mol. The number of hydrogen-bond acceptors (Lipinski definition) is 5. The van der Waals surface area contributed by atoms with Crippen LogP contribution in [0.25, 0.3) is 0 Å². The molecule has 0 bridgehead atoms. The number of aliphatic hydroxyl groups is 1. The first-order valence-corrected chi connectivity index (χ1v) is 9.73. The Hall–Kier alpha value is -2.78. The number of carbonyl (C=O) groups is 2. The third kappa shape index (κ3) is 7.15. The maximum Gasteiger partial charge on any atom is 0.414 e. The van der Waals surface area contributed by atoms with E-state index in [-0.39, 0.29) is 13.2 Å². The molecule has 0 aliphatic carbocycles. The first-order valence-electron chi connectivity index (χ1n) is 8.59. The van der Waals surface area contributed by atoms with Gasteiger partial charge in [-0.1, -0.05) is 53.0 Å². The van der Waals surface area contributed by atoms with Crippen LogP contribution in [-0.2, 0) is 21.7 Å². The smallest absolute Gasteiger partial charge is 0.414 e. The van der Waals surface area contributed by atoms with Crippen LogP contribution in [0.2, 0.25) is 15.1 Å². The summed E-state index contributed by atoms with van der Waals surface area (Å²) < 4.78 is 7.53. The average Bonchev–Trinajstić information content (AvgIpc) is 3.20. The molecular weight excluding hydrogens is 471 g/mol. The number of aromatic nitrogens is 2. The van der Waals surface area contributed by atoms with Crippen molar-refractivity contribution in [1.29, 1.82) is 0 Å². The van der Waals surface area contributed by atoms with Crippen molar-refractivity contribution in [3.63, 3.8) is 0 Å². The van der Waals surface area contributed by atoms with Crippen LogP contribution in [-0.4, -0.2) is 43.4 Å². The van der Waals surface area contributed by atoms with Crippen molar-refractivity contribution in [2.75, 3.05) is 6.61 Å². The predicted octanol–water partition coefficient (Wildman–Crippen LogP) is 3.97. The van der Waals surface area contributed by atoms with Crippen molar-refractivity contribution in [2.24, 2.45) is 0 Å². The van der Waals surface area contributed by atoms with E-state index in [9.17, 15) is 5.11 Å². The summed E-state index contributed by atoms with van der Waals surface area (Å²) in [6, 6.07) is 12.0. The number of ether oxygens (including phenoxy) is 1. The quantitative estimate of drug-likeness (QED) is 0.450. The number of hydrogen-bond donors (Lipinski definition) is 3. The van der Waals surface area contributed by atoms with Gasteiger partial charge in [0.25, 0.3) is 0 Å². The molecular formula is C20H17Cl3N2O6. The van der Waals surface area contributed by atoms with Crippen LogP contribution in [0.3, 0.4) is 0 Å². The molecule has 0 radical (unpaired) electrons. The van der Waals surface area contributed by atoms with Crippen molar-refractivity contribution in [3.05, 3.63) is 81.8 Å².